The van der Waals surface area contributed by atoms with Crippen molar-refractivity contribution in [3.05, 3.63) is 29.8 Å². The Hall–Kier alpha value is -1.02. The fraction of sp³-hybridized carbons (Fsp3) is 0.600. The van der Waals surface area contributed by atoms with Gasteiger partial charge in [-0.2, -0.15) is 0 Å². The first-order valence-electron chi connectivity index (χ1n) is 6.64. The molecular weight excluding hydrogens is 210 g/mol. The molecule has 1 rings (SSSR count). The largest absolute Gasteiger partial charge is 0.494 e. The fourth-order valence-electron chi connectivity index (χ4n) is 1.77. The normalized spacial score (nSPS) is 10.8. The van der Waals surface area contributed by atoms with Gasteiger partial charge in [-0.15, -0.1) is 0 Å². The van der Waals surface area contributed by atoms with E-state index in [1.807, 2.05) is 13.0 Å². The van der Waals surface area contributed by atoms with Crippen molar-refractivity contribution < 1.29 is 4.74 Å². The number of nitrogens with one attached hydrogen (secondary N) is 1. The smallest absolute Gasteiger partial charge is 0.119 e. The summed E-state index contributed by atoms with van der Waals surface area (Å²) in [6, 6.07) is 8.41. The zero-order valence-electron chi connectivity index (χ0n) is 11.3. The lowest BCUT2D eigenvalue weighted by Crippen LogP contribution is -2.21. The molecule has 2 nitrogen and oxygen atoms in total. The molecule has 0 bridgehead atoms. The Bertz CT molecular complexity index is 310. The first-order chi connectivity index (χ1) is 8.22. The zero-order valence-corrected chi connectivity index (χ0v) is 11.3. The van der Waals surface area contributed by atoms with Crippen LogP contribution in [0, 0.1) is 5.92 Å². The van der Waals surface area contributed by atoms with Crippen LogP contribution in [0.1, 0.15) is 32.8 Å². The molecule has 0 aliphatic heterocycles. The molecule has 0 radical (unpaired) electrons. The van der Waals surface area contributed by atoms with E-state index >= 15 is 0 Å². The van der Waals surface area contributed by atoms with E-state index in [1.165, 1.54) is 12.0 Å². The van der Waals surface area contributed by atoms with Gasteiger partial charge in [-0.1, -0.05) is 26.0 Å². The minimum atomic E-state index is 0.733. The van der Waals surface area contributed by atoms with Crippen molar-refractivity contribution in [2.75, 3.05) is 19.7 Å². The second-order valence-corrected chi connectivity index (χ2v) is 4.78. The van der Waals surface area contributed by atoms with Crippen LogP contribution in [0.25, 0.3) is 0 Å². The molecule has 0 fully saturated rings. The summed E-state index contributed by atoms with van der Waals surface area (Å²) >= 11 is 0. The molecule has 0 saturated carbocycles. The number of benzene rings is 1. The third-order valence-corrected chi connectivity index (χ3v) is 2.58. The SMILES string of the molecule is CCOc1cccc(CCCNCC(C)C)c1. The molecule has 1 N–H and O–H groups in total. The highest BCUT2D eigenvalue weighted by atomic mass is 16.5. The van der Waals surface area contributed by atoms with Crippen LogP contribution < -0.4 is 10.1 Å². The second kappa shape index (κ2) is 8.13. The predicted molar refractivity (Wildman–Crippen MR) is 73.6 cm³/mol. The van der Waals surface area contributed by atoms with Gasteiger partial charge in [0, 0.05) is 0 Å². The summed E-state index contributed by atoms with van der Waals surface area (Å²) in [4.78, 5) is 0. The van der Waals surface area contributed by atoms with Crippen LogP contribution >= 0.6 is 0 Å². The van der Waals surface area contributed by atoms with Gasteiger partial charge < -0.3 is 10.1 Å². The van der Waals surface area contributed by atoms with Gasteiger partial charge in [0.2, 0.25) is 0 Å². The maximum atomic E-state index is 5.49. The van der Waals surface area contributed by atoms with Gasteiger partial charge in [-0.3, -0.25) is 0 Å². The van der Waals surface area contributed by atoms with Crippen LogP contribution in [0.15, 0.2) is 24.3 Å². The number of hydrogen-bond acceptors (Lipinski definition) is 2. The maximum absolute atomic E-state index is 5.49. The number of ether oxygens (including phenoxy) is 1. The molecule has 0 aliphatic carbocycles. The number of aryl methyl sites for hydroxylation is 1. The van der Waals surface area contributed by atoms with Crippen LogP contribution in [0.4, 0.5) is 0 Å². The summed E-state index contributed by atoms with van der Waals surface area (Å²) in [6.07, 6.45) is 2.30. The van der Waals surface area contributed by atoms with Crippen LogP contribution in [0.2, 0.25) is 0 Å². The van der Waals surface area contributed by atoms with Crippen LogP contribution in [-0.4, -0.2) is 19.7 Å². The lowest BCUT2D eigenvalue weighted by Gasteiger charge is -2.08. The summed E-state index contributed by atoms with van der Waals surface area (Å²) < 4.78 is 5.49. The predicted octanol–water partition coefficient (Wildman–Crippen LogP) is 3.26. The summed E-state index contributed by atoms with van der Waals surface area (Å²) in [6.45, 7) is 9.43. The van der Waals surface area contributed by atoms with Crippen LogP contribution in [-0.2, 0) is 6.42 Å². The van der Waals surface area contributed by atoms with Crippen molar-refractivity contribution in [1.29, 1.82) is 0 Å². The van der Waals surface area contributed by atoms with E-state index in [-0.39, 0.29) is 0 Å². The lowest BCUT2D eigenvalue weighted by atomic mass is 10.1. The molecule has 17 heavy (non-hydrogen) atoms. The molecule has 0 heterocycles. The van der Waals surface area contributed by atoms with Gasteiger partial charge in [0.25, 0.3) is 0 Å². The van der Waals surface area contributed by atoms with Gasteiger partial charge in [-0.25, -0.2) is 0 Å². The highest BCUT2D eigenvalue weighted by Crippen LogP contribution is 2.14. The quantitative estimate of drug-likeness (QED) is 0.698. The van der Waals surface area contributed by atoms with E-state index < -0.39 is 0 Å². The summed E-state index contributed by atoms with van der Waals surface area (Å²) in [5.41, 5.74) is 1.36. The first-order valence-corrected chi connectivity index (χ1v) is 6.64. The molecule has 0 atom stereocenters. The number of hydrogen-bond donors (Lipinski definition) is 1. The molecule has 1 aromatic rings. The van der Waals surface area contributed by atoms with Gasteiger partial charge >= 0.3 is 0 Å². The van der Waals surface area contributed by atoms with Crippen molar-refractivity contribution in [2.45, 2.75) is 33.6 Å². The Kier molecular flexibility index (Phi) is 6.71. The first kappa shape index (κ1) is 14.0. The Morgan fingerprint density at radius 1 is 1.29 bits per heavy atom. The summed E-state index contributed by atoms with van der Waals surface area (Å²) in [7, 11) is 0. The molecule has 0 spiro atoms. The third-order valence-electron chi connectivity index (χ3n) is 2.58. The second-order valence-electron chi connectivity index (χ2n) is 4.78. The lowest BCUT2D eigenvalue weighted by molar-refractivity contribution is 0.340. The van der Waals surface area contributed by atoms with Gasteiger partial charge in [-0.05, 0) is 56.5 Å². The zero-order chi connectivity index (χ0) is 12.5. The van der Waals surface area contributed by atoms with Gasteiger partial charge in [0.15, 0.2) is 0 Å². The Morgan fingerprint density at radius 3 is 2.82 bits per heavy atom. The highest BCUT2D eigenvalue weighted by molar-refractivity contribution is 5.28. The fourth-order valence-corrected chi connectivity index (χ4v) is 1.77. The highest BCUT2D eigenvalue weighted by Gasteiger charge is 1.97. The van der Waals surface area contributed by atoms with E-state index in [0.717, 1.165) is 37.8 Å². The van der Waals surface area contributed by atoms with Crippen molar-refractivity contribution >= 4 is 0 Å². The Morgan fingerprint density at radius 2 is 2.12 bits per heavy atom. The van der Waals surface area contributed by atoms with E-state index in [9.17, 15) is 0 Å². The minimum Gasteiger partial charge on any atom is -0.494 e. The number of rotatable bonds is 8. The minimum absolute atomic E-state index is 0.733. The van der Waals surface area contributed by atoms with Crippen molar-refractivity contribution in [3.63, 3.8) is 0 Å². The topological polar surface area (TPSA) is 21.3 Å². The Labute approximate surface area is 105 Å². The molecular formula is C15H25NO. The standard InChI is InChI=1S/C15H25NO/c1-4-17-15-9-5-7-14(11-15)8-6-10-16-12-13(2)3/h5,7,9,11,13,16H,4,6,8,10,12H2,1-3H3. The average Bonchev–Trinajstić information content (AvgIpc) is 2.29. The van der Waals surface area contributed by atoms with Crippen molar-refractivity contribution in [3.8, 4) is 5.75 Å². The third kappa shape index (κ3) is 6.32. The van der Waals surface area contributed by atoms with E-state index in [4.69, 9.17) is 4.74 Å². The monoisotopic (exact) mass is 235 g/mol. The molecule has 2 heteroatoms. The molecule has 0 aromatic heterocycles. The van der Waals surface area contributed by atoms with Crippen molar-refractivity contribution in [1.82, 2.24) is 5.32 Å². The Balaban J connectivity index is 2.24. The molecule has 0 saturated heterocycles. The van der Waals surface area contributed by atoms with Crippen LogP contribution in [0.5, 0.6) is 5.75 Å². The molecule has 1 aromatic carbocycles. The van der Waals surface area contributed by atoms with E-state index in [2.05, 4.69) is 37.4 Å². The molecule has 96 valence electrons. The summed E-state index contributed by atoms with van der Waals surface area (Å²) in [5, 5.41) is 3.46. The van der Waals surface area contributed by atoms with Crippen molar-refractivity contribution in [2.24, 2.45) is 5.92 Å². The molecule has 0 aliphatic rings. The molecule has 0 amide bonds. The average molecular weight is 235 g/mol. The van der Waals surface area contributed by atoms with Gasteiger partial charge in [0.05, 0.1) is 6.61 Å². The van der Waals surface area contributed by atoms with E-state index in [0.29, 0.717) is 0 Å². The summed E-state index contributed by atoms with van der Waals surface area (Å²) in [5.74, 6) is 1.72. The van der Waals surface area contributed by atoms with Gasteiger partial charge in [0.1, 0.15) is 5.75 Å². The maximum Gasteiger partial charge on any atom is 0.119 e. The van der Waals surface area contributed by atoms with E-state index in [1.54, 1.807) is 0 Å². The van der Waals surface area contributed by atoms with Crippen LogP contribution in [0.3, 0.4) is 0 Å². The molecule has 0 unspecified atom stereocenters.